The van der Waals surface area contributed by atoms with Gasteiger partial charge in [0.1, 0.15) is 0 Å². The maximum absolute atomic E-state index is 14.6. The predicted octanol–water partition coefficient (Wildman–Crippen LogP) is 9.48. The van der Waals surface area contributed by atoms with E-state index in [2.05, 4.69) is 0 Å². The number of halogens is 9. The first kappa shape index (κ1) is 35.3. The second kappa shape index (κ2) is 12.7. The van der Waals surface area contributed by atoms with E-state index in [0.717, 1.165) is 57.2 Å². The number of aryl methyl sites for hydroxylation is 3. The van der Waals surface area contributed by atoms with Crippen LogP contribution in [0, 0.1) is 20.8 Å². The minimum absolute atomic E-state index is 0.131. The average molecular weight is 737 g/mol. The van der Waals surface area contributed by atoms with Gasteiger partial charge in [-0.25, -0.2) is 0 Å². The molecule has 3 rings (SSSR count). The van der Waals surface area contributed by atoms with Crippen LogP contribution in [0.3, 0.4) is 0 Å². The van der Waals surface area contributed by atoms with Crippen LogP contribution in [0.4, 0.5) is 39.5 Å². The summed E-state index contributed by atoms with van der Waals surface area (Å²) in [5.41, 5.74) is -8.90. The SMILES string of the molecule is CCC[CH2][Sn]([C](=O)c1c(C)cccc1C(F)(F)F)([C](=O)c1c(C)cccc1C(F)(F)F)[C](=O)c1c(C)cccc1C(F)(F)F. The van der Waals surface area contributed by atoms with Crippen molar-refractivity contribution in [1.82, 2.24) is 0 Å². The Kier molecular flexibility index (Phi) is 10.2. The van der Waals surface area contributed by atoms with Gasteiger partial charge in [-0.1, -0.05) is 0 Å². The molecule has 0 N–H and O–H groups in total. The standard InChI is InChI=1S/3C9H6F3O.C4H9.Sn/c3*1-6-3-2-4-8(7(6)5-13)9(10,11)12;1-3-4-2;/h3*2-4H,1H3;1,3-4H2,2H3;. The Labute approximate surface area is 251 Å². The van der Waals surface area contributed by atoms with E-state index < -0.39 is 86.1 Å². The summed E-state index contributed by atoms with van der Waals surface area (Å²) in [5.74, 6) is 0. The molecule has 13 heteroatoms. The van der Waals surface area contributed by atoms with Crippen LogP contribution in [0.2, 0.25) is 4.44 Å². The number of benzene rings is 3. The van der Waals surface area contributed by atoms with Gasteiger partial charge in [-0.15, -0.1) is 0 Å². The quantitative estimate of drug-likeness (QED) is 0.163. The molecule has 0 aliphatic rings. The second-order valence-corrected chi connectivity index (χ2v) is 21.0. The van der Waals surface area contributed by atoms with Crippen LogP contribution in [0.25, 0.3) is 0 Å². The summed E-state index contributed by atoms with van der Waals surface area (Å²) < 4.78 is 123. The van der Waals surface area contributed by atoms with Crippen LogP contribution >= 0.6 is 0 Å². The van der Waals surface area contributed by atoms with Gasteiger partial charge in [-0.3, -0.25) is 0 Å². The Morgan fingerprint density at radius 1 is 0.545 bits per heavy atom. The van der Waals surface area contributed by atoms with Crippen LogP contribution in [0.5, 0.6) is 0 Å². The Morgan fingerprint density at radius 2 is 0.818 bits per heavy atom. The topological polar surface area (TPSA) is 51.2 Å². The molecule has 0 radical (unpaired) electrons. The van der Waals surface area contributed by atoms with Crippen LogP contribution in [-0.4, -0.2) is 29.8 Å². The van der Waals surface area contributed by atoms with Crippen molar-refractivity contribution in [3.63, 3.8) is 0 Å². The molecule has 0 spiro atoms. The van der Waals surface area contributed by atoms with Gasteiger partial charge < -0.3 is 0 Å². The van der Waals surface area contributed by atoms with E-state index in [1.165, 1.54) is 6.92 Å². The summed E-state index contributed by atoms with van der Waals surface area (Å²) in [6.07, 6.45) is -15.7. The molecule has 3 aromatic carbocycles. The van der Waals surface area contributed by atoms with Crippen molar-refractivity contribution in [2.24, 2.45) is 0 Å². The summed E-state index contributed by atoms with van der Waals surface area (Å²) in [5, 5.41) is 0. The van der Waals surface area contributed by atoms with Gasteiger partial charge in [0.15, 0.2) is 0 Å². The van der Waals surface area contributed by atoms with Crippen molar-refractivity contribution < 1.29 is 53.9 Å². The fourth-order valence-corrected chi connectivity index (χ4v) is 18.1. The van der Waals surface area contributed by atoms with Gasteiger partial charge in [0.05, 0.1) is 0 Å². The number of carbonyl (C=O) groups is 3. The van der Waals surface area contributed by atoms with E-state index in [0.29, 0.717) is 18.2 Å². The molecule has 0 amide bonds. The summed E-state index contributed by atoms with van der Waals surface area (Å²) in [6, 6.07) is 7.75. The zero-order chi connectivity index (χ0) is 33.4. The van der Waals surface area contributed by atoms with Crippen molar-refractivity contribution in [2.45, 2.75) is 63.5 Å². The third-order valence-electron chi connectivity index (χ3n) is 7.48. The van der Waals surface area contributed by atoms with Gasteiger partial charge in [0.2, 0.25) is 0 Å². The summed E-state index contributed by atoms with van der Waals surface area (Å²) in [7, 11) is 0. The summed E-state index contributed by atoms with van der Waals surface area (Å²) in [4.78, 5) is 43.9. The van der Waals surface area contributed by atoms with E-state index in [1.54, 1.807) is 0 Å². The molecule has 0 aromatic heterocycles. The van der Waals surface area contributed by atoms with E-state index >= 15 is 0 Å². The molecule has 0 aliphatic carbocycles. The second-order valence-electron chi connectivity index (χ2n) is 10.5. The monoisotopic (exact) mass is 738 g/mol. The number of hydrogen-bond acceptors (Lipinski definition) is 3. The Hall–Kier alpha value is -3.16. The third kappa shape index (κ3) is 6.59. The maximum atomic E-state index is 14.6. The predicted molar refractivity (Wildman–Crippen MR) is 147 cm³/mol. The number of carbonyl (C=O) groups excluding carboxylic acids is 3. The molecular formula is C31H27F9O3Sn. The molecule has 0 saturated heterocycles. The van der Waals surface area contributed by atoms with Gasteiger partial charge in [-0.05, 0) is 0 Å². The Bertz CT molecular complexity index is 1420. The molecule has 3 nitrogen and oxygen atoms in total. The summed E-state index contributed by atoms with van der Waals surface area (Å²) >= 11 is -6.85. The van der Waals surface area contributed by atoms with Crippen molar-refractivity contribution >= 4 is 29.8 Å². The Balaban J connectivity index is 2.61. The average Bonchev–Trinajstić information content (AvgIpc) is 2.91. The molecule has 0 unspecified atom stereocenters. The van der Waals surface area contributed by atoms with Crippen molar-refractivity contribution in [3.05, 3.63) is 105 Å². The van der Waals surface area contributed by atoms with Gasteiger partial charge in [-0.2, -0.15) is 0 Å². The molecule has 3 aromatic rings. The third-order valence-corrected chi connectivity index (χ3v) is 19.4. The zero-order valence-electron chi connectivity index (χ0n) is 23.9. The molecule has 0 bridgehead atoms. The van der Waals surface area contributed by atoms with E-state index in [-0.39, 0.29) is 29.5 Å². The molecule has 0 saturated carbocycles. The zero-order valence-corrected chi connectivity index (χ0v) is 26.8. The fraction of sp³-hybridized carbons (Fsp3) is 0.323. The van der Waals surface area contributed by atoms with E-state index in [9.17, 15) is 53.9 Å². The minimum atomic E-state index is -6.85. The van der Waals surface area contributed by atoms with Crippen molar-refractivity contribution in [2.75, 3.05) is 0 Å². The van der Waals surface area contributed by atoms with E-state index in [4.69, 9.17) is 0 Å². The fourth-order valence-electron chi connectivity index (χ4n) is 5.35. The van der Waals surface area contributed by atoms with Gasteiger partial charge in [0, 0.05) is 0 Å². The van der Waals surface area contributed by atoms with Crippen LogP contribution in [0.1, 0.15) is 84.2 Å². The number of unbranched alkanes of at least 4 members (excludes halogenated alkanes) is 1. The number of rotatable bonds is 9. The number of alkyl halides is 9. The van der Waals surface area contributed by atoms with E-state index in [1.807, 2.05) is 0 Å². The Morgan fingerprint density at radius 3 is 1.05 bits per heavy atom. The van der Waals surface area contributed by atoms with Crippen molar-refractivity contribution in [3.8, 4) is 0 Å². The molecule has 0 heterocycles. The molecule has 0 aliphatic heterocycles. The molecule has 0 atom stereocenters. The van der Waals surface area contributed by atoms with Crippen LogP contribution < -0.4 is 0 Å². The number of hydrogen-bond donors (Lipinski definition) is 0. The first-order valence-corrected chi connectivity index (χ1v) is 19.7. The van der Waals surface area contributed by atoms with Crippen LogP contribution in [-0.2, 0) is 18.5 Å². The molecule has 44 heavy (non-hydrogen) atoms. The first-order valence-electron chi connectivity index (χ1n) is 13.4. The molecule has 236 valence electrons. The van der Waals surface area contributed by atoms with Crippen molar-refractivity contribution in [1.29, 1.82) is 0 Å². The first-order chi connectivity index (χ1) is 20.2. The normalized spacial score (nSPS) is 12.8. The van der Waals surface area contributed by atoms with Crippen LogP contribution in [0.15, 0.2) is 54.6 Å². The summed E-state index contributed by atoms with van der Waals surface area (Å²) in [6.45, 7) is 4.82. The van der Waals surface area contributed by atoms with Gasteiger partial charge in [0.25, 0.3) is 0 Å². The molecule has 0 fully saturated rings. The molecular weight excluding hydrogens is 710 g/mol. The van der Waals surface area contributed by atoms with Gasteiger partial charge >= 0.3 is 252 Å².